The minimum absolute atomic E-state index is 0.203. The lowest BCUT2D eigenvalue weighted by Gasteiger charge is -2.09. The summed E-state index contributed by atoms with van der Waals surface area (Å²) in [7, 11) is 0. The fourth-order valence-electron chi connectivity index (χ4n) is 2.56. The van der Waals surface area contributed by atoms with E-state index in [0.717, 1.165) is 0 Å². The van der Waals surface area contributed by atoms with Crippen LogP contribution in [-0.4, -0.2) is 10.9 Å². The number of hydrogen-bond donors (Lipinski definition) is 2. The average Bonchev–Trinajstić information content (AvgIpc) is 3.29. The van der Waals surface area contributed by atoms with Gasteiger partial charge in [-0.1, -0.05) is 12.1 Å². The van der Waals surface area contributed by atoms with Gasteiger partial charge in [-0.15, -0.1) is 0 Å². The number of H-pyrrole nitrogens is 1. The number of carbonyl (C=O) groups excluding carboxylic acids is 1. The summed E-state index contributed by atoms with van der Waals surface area (Å²) in [4.78, 5) is 25.7. The molecule has 2 atom stereocenters. The molecule has 0 bridgehead atoms. The molecule has 1 aromatic heterocycles. The number of pyridine rings is 1. The number of carbonyl (C=O) groups is 1. The minimum Gasteiger partial charge on any atom is -0.327 e. The van der Waals surface area contributed by atoms with Gasteiger partial charge < -0.3 is 10.3 Å². The first-order chi connectivity index (χ1) is 11.3. The lowest BCUT2D eigenvalue weighted by molar-refractivity contribution is -0.137. The van der Waals surface area contributed by atoms with Crippen LogP contribution in [0.15, 0.2) is 41.3 Å². The fourth-order valence-corrected chi connectivity index (χ4v) is 2.56. The molecule has 1 fully saturated rings. The molecule has 126 valence electrons. The molecular weight excluding hydrogens is 328 g/mol. The largest absolute Gasteiger partial charge is 0.417 e. The Morgan fingerprint density at radius 3 is 2.67 bits per heavy atom. The minimum atomic E-state index is -4.63. The molecule has 0 aliphatic heterocycles. The van der Waals surface area contributed by atoms with E-state index in [-0.39, 0.29) is 5.92 Å². The Labute approximate surface area is 133 Å². The number of alkyl halides is 3. The highest BCUT2D eigenvalue weighted by molar-refractivity contribution is 5.95. The van der Waals surface area contributed by atoms with E-state index in [4.69, 9.17) is 0 Å². The van der Waals surface area contributed by atoms with Gasteiger partial charge in [0.25, 0.3) is 5.56 Å². The van der Waals surface area contributed by atoms with E-state index < -0.39 is 40.6 Å². The van der Waals surface area contributed by atoms with Crippen molar-refractivity contribution in [1.29, 1.82) is 0 Å². The average molecular weight is 340 g/mol. The zero-order valence-corrected chi connectivity index (χ0v) is 12.2. The summed E-state index contributed by atoms with van der Waals surface area (Å²) >= 11 is 0. The standard InChI is InChI=1S/C16H12F4N2O2/c17-10-3-1-2-8(4-10)11-6-12(11)14(23)22-13-5-9(16(18,19)20)7-21-15(13)24/h1-5,7,11-12H,6H2,(H,21,24)(H,22,23)/t11-,12-/m1/s1. The van der Waals surface area contributed by atoms with Crippen LogP contribution in [0.25, 0.3) is 0 Å². The molecule has 2 aromatic rings. The fraction of sp³-hybridized carbons (Fsp3) is 0.250. The van der Waals surface area contributed by atoms with Crippen molar-refractivity contribution in [3.05, 3.63) is 63.8 Å². The Hall–Kier alpha value is -2.64. The van der Waals surface area contributed by atoms with Gasteiger partial charge in [0.05, 0.1) is 5.56 Å². The highest BCUT2D eigenvalue weighted by Gasteiger charge is 2.44. The third-order valence-corrected chi connectivity index (χ3v) is 3.89. The van der Waals surface area contributed by atoms with E-state index >= 15 is 0 Å². The van der Waals surface area contributed by atoms with Crippen LogP contribution in [0.2, 0.25) is 0 Å². The number of hydrogen-bond acceptors (Lipinski definition) is 2. The van der Waals surface area contributed by atoms with Crippen LogP contribution in [0.4, 0.5) is 23.2 Å². The van der Waals surface area contributed by atoms with Crippen LogP contribution in [0.5, 0.6) is 0 Å². The second-order valence-corrected chi connectivity index (χ2v) is 5.62. The normalized spacial score (nSPS) is 19.8. The van der Waals surface area contributed by atoms with Crippen LogP contribution in [0.1, 0.15) is 23.5 Å². The maximum atomic E-state index is 13.2. The number of aromatic amines is 1. The van der Waals surface area contributed by atoms with E-state index in [1.54, 1.807) is 6.07 Å². The molecule has 8 heteroatoms. The zero-order valence-electron chi connectivity index (χ0n) is 12.2. The van der Waals surface area contributed by atoms with Crippen molar-refractivity contribution in [2.75, 3.05) is 5.32 Å². The van der Waals surface area contributed by atoms with Crippen LogP contribution in [0, 0.1) is 11.7 Å². The Morgan fingerprint density at radius 1 is 1.25 bits per heavy atom. The monoisotopic (exact) mass is 340 g/mol. The smallest absolute Gasteiger partial charge is 0.327 e. The topological polar surface area (TPSA) is 62.0 Å². The number of aromatic nitrogens is 1. The second kappa shape index (κ2) is 5.77. The zero-order chi connectivity index (χ0) is 17.5. The first-order valence-corrected chi connectivity index (χ1v) is 7.12. The molecule has 0 saturated heterocycles. The van der Waals surface area contributed by atoms with Crippen molar-refractivity contribution in [1.82, 2.24) is 4.98 Å². The third kappa shape index (κ3) is 3.32. The Balaban J connectivity index is 1.74. The van der Waals surface area contributed by atoms with Gasteiger partial charge in [0.2, 0.25) is 5.91 Å². The van der Waals surface area contributed by atoms with Gasteiger partial charge in [-0.2, -0.15) is 13.2 Å². The predicted octanol–water partition coefficient (Wildman–Crippen LogP) is 3.28. The first-order valence-electron chi connectivity index (χ1n) is 7.12. The van der Waals surface area contributed by atoms with Crippen LogP contribution >= 0.6 is 0 Å². The number of rotatable bonds is 3. The number of benzene rings is 1. The van der Waals surface area contributed by atoms with Gasteiger partial charge in [-0.25, -0.2) is 4.39 Å². The summed E-state index contributed by atoms with van der Waals surface area (Å²) in [5.74, 6) is -1.69. The molecule has 1 amide bonds. The summed E-state index contributed by atoms with van der Waals surface area (Å²) in [6.07, 6.45) is -3.63. The quantitative estimate of drug-likeness (QED) is 0.843. The first kappa shape index (κ1) is 16.2. The van der Waals surface area contributed by atoms with Gasteiger partial charge in [0, 0.05) is 12.1 Å². The van der Waals surface area contributed by atoms with Crippen LogP contribution in [0.3, 0.4) is 0 Å². The summed E-state index contributed by atoms with van der Waals surface area (Å²) in [6.45, 7) is 0. The summed E-state index contributed by atoms with van der Waals surface area (Å²) < 4.78 is 51.2. The van der Waals surface area contributed by atoms with Gasteiger partial charge >= 0.3 is 6.18 Å². The molecule has 4 nitrogen and oxygen atoms in total. The summed E-state index contributed by atoms with van der Waals surface area (Å²) in [5, 5.41) is 2.22. The van der Waals surface area contributed by atoms with Gasteiger partial charge in [0.15, 0.2) is 0 Å². The van der Waals surface area contributed by atoms with Crippen molar-refractivity contribution in [3.63, 3.8) is 0 Å². The Kier molecular flexibility index (Phi) is 3.90. The molecule has 2 N–H and O–H groups in total. The lowest BCUT2D eigenvalue weighted by atomic mass is 10.1. The SMILES string of the molecule is O=C(Nc1cc(C(F)(F)F)c[nH]c1=O)[C@@H]1C[C@@H]1c1cccc(F)c1. The molecule has 1 saturated carbocycles. The van der Waals surface area contributed by atoms with E-state index in [9.17, 15) is 27.2 Å². The molecule has 0 radical (unpaired) electrons. The molecule has 3 rings (SSSR count). The van der Waals surface area contributed by atoms with E-state index in [1.807, 2.05) is 4.98 Å². The maximum absolute atomic E-state index is 13.2. The van der Waals surface area contributed by atoms with Gasteiger partial charge in [0.1, 0.15) is 11.5 Å². The summed E-state index contributed by atoms with van der Waals surface area (Å²) in [5.41, 5.74) is -1.69. The van der Waals surface area contributed by atoms with Crippen molar-refractivity contribution in [3.8, 4) is 0 Å². The van der Waals surface area contributed by atoms with Crippen LogP contribution in [-0.2, 0) is 11.0 Å². The third-order valence-electron chi connectivity index (χ3n) is 3.89. The van der Waals surface area contributed by atoms with Crippen molar-refractivity contribution >= 4 is 11.6 Å². The van der Waals surface area contributed by atoms with Crippen molar-refractivity contribution < 1.29 is 22.4 Å². The highest BCUT2D eigenvalue weighted by Crippen LogP contribution is 2.48. The molecule has 0 unspecified atom stereocenters. The Bertz CT molecular complexity index is 844. The lowest BCUT2D eigenvalue weighted by Crippen LogP contribution is -2.22. The van der Waals surface area contributed by atoms with E-state index in [2.05, 4.69) is 5.32 Å². The highest BCUT2D eigenvalue weighted by atomic mass is 19.4. The molecule has 1 heterocycles. The van der Waals surface area contributed by atoms with Crippen molar-refractivity contribution in [2.24, 2.45) is 5.92 Å². The molecule has 0 spiro atoms. The van der Waals surface area contributed by atoms with E-state index in [0.29, 0.717) is 24.2 Å². The number of halogens is 4. The van der Waals surface area contributed by atoms with E-state index in [1.165, 1.54) is 18.2 Å². The van der Waals surface area contributed by atoms with Gasteiger partial charge in [-0.3, -0.25) is 9.59 Å². The molecule has 1 aliphatic carbocycles. The molecule has 24 heavy (non-hydrogen) atoms. The molecule has 1 aromatic carbocycles. The van der Waals surface area contributed by atoms with Crippen LogP contribution < -0.4 is 10.9 Å². The second-order valence-electron chi connectivity index (χ2n) is 5.62. The van der Waals surface area contributed by atoms with Crippen molar-refractivity contribution in [2.45, 2.75) is 18.5 Å². The molecular formula is C16H12F4N2O2. The predicted molar refractivity (Wildman–Crippen MR) is 77.9 cm³/mol. The number of nitrogens with one attached hydrogen (secondary N) is 2. The molecule has 1 aliphatic rings. The van der Waals surface area contributed by atoms with Gasteiger partial charge in [-0.05, 0) is 36.1 Å². The maximum Gasteiger partial charge on any atom is 0.417 e. The Morgan fingerprint density at radius 2 is 2.00 bits per heavy atom. The number of anilines is 1. The summed E-state index contributed by atoms with van der Waals surface area (Å²) in [6, 6.07) is 6.39. The number of amides is 1.